The maximum atomic E-state index is 13.5. The SMILES string of the molecule is NC(=S)c1ccc(Cl)c(S(=O)(=O)Nc2ccccc2F)c1. The largest absolute Gasteiger partial charge is 0.389 e. The van der Waals surface area contributed by atoms with Gasteiger partial charge < -0.3 is 5.73 Å². The van der Waals surface area contributed by atoms with E-state index in [1.54, 1.807) is 0 Å². The van der Waals surface area contributed by atoms with Crippen molar-refractivity contribution in [2.24, 2.45) is 5.73 Å². The Kier molecular flexibility index (Phi) is 4.46. The number of hydrogen-bond acceptors (Lipinski definition) is 3. The Morgan fingerprint density at radius 1 is 1.24 bits per heavy atom. The molecular weight excluding hydrogens is 335 g/mol. The van der Waals surface area contributed by atoms with Gasteiger partial charge in [0, 0.05) is 5.56 Å². The van der Waals surface area contributed by atoms with E-state index in [1.807, 2.05) is 0 Å². The minimum Gasteiger partial charge on any atom is -0.389 e. The van der Waals surface area contributed by atoms with Crippen molar-refractivity contribution in [1.82, 2.24) is 0 Å². The van der Waals surface area contributed by atoms with Gasteiger partial charge >= 0.3 is 0 Å². The zero-order chi connectivity index (χ0) is 15.6. The van der Waals surface area contributed by atoms with Crippen LogP contribution < -0.4 is 10.5 Å². The van der Waals surface area contributed by atoms with Crippen LogP contribution >= 0.6 is 23.8 Å². The normalized spacial score (nSPS) is 11.1. The molecule has 0 aromatic heterocycles. The number of nitrogens with two attached hydrogens (primary N) is 1. The maximum absolute atomic E-state index is 13.5. The number of benzene rings is 2. The Balaban J connectivity index is 2.47. The van der Waals surface area contributed by atoms with E-state index in [2.05, 4.69) is 4.72 Å². The number of nitrogens with one attached hydrogen (secondary N) is 1. The molecule has 0 aliphatic carbocycles. The summed E-state index contributed by atoms with van der Waals surface area (Å²) in [4.78, 5) is -0.188. The zero-order valence-electron chi connectivity index (χ0n) is 10.5. The summed E-state index contributed by atoms with van der Waals surface area (Å²) < 4.78 is 40.3. The van der Waals surface area contributed by atoms with Crippen molar-refractivity contribution in [2.75, 3.05) is 4.72 Å². The highest BCUT2D eigenvalue weighted by atomic mass is 35.5. The molecule has 2 aromatic rings. The molecule has 110 valence electrons. The van der Waals surface area contributed by atoms with Gasteiger partial charge in [0.2, 0.25) is 0 Å². The quantitative estimate of drug-likeness (QED) is 0.836. The van der Waals surface area contributed by atoms with Gasteiger partial charge in [0.15, 0.2) is 0 Å². The van der Waals surface area contributed by atoms with Gasteiger partial charge in [0.05, 0.1) is 10.7 Å². The van der Waals surface area contributed by atoms with Gasteiger partial charge in [-0.3, -0.25) is 4.72 Å². The van der Waals surface area contributed by atoms with Gasteiger partial charge in [-0.2, -0.15) is 0 Å². The monoisotopic (exact) mass is 344 g/mol. The lowest BCUT2D eigenvalue weighted by Crippen LogP contribution is -2.16. The molecule has 8 heteroatoms. The molecule has 0 saturated carbocycles. The molecular formula is C13H10ClFN2O2S2. The van der Waals surface area contributed by atoms with E-state index >= 15 is 0 Å². The minimum atomic E-state index is -4.06. The third-order valence-corrected chi connectivity index (χ3v) is 4.71. The fourth-order valence-corrected chi connectivity index (χ4v) is 3.33. The molecule has 0 aliphatic heterocycles. The van der Waals surface area contributed by atoms with Crippen molar-refractivity contribution in [2.45, 2.75) is 4.90 Å². The fraction of sp³-hybridized carbons (Fsp3) is 0. The van der Waals surface area contributed by atoms with Crippen LogP contribution in [-0.4, -0.2) is 13.4 Å². The van der Waals surface area contributed by atoms with Crippen molar-refractivity contribution in [3.63, 3.8) is 0 Å². The molecule has 0 atom stereocenters. The molecule has 0 amide bonds. The van der Waals surface area contributed by atoms with Crippen LogP contribution in [0.4, 0.5) is 10.1 Å². The molecule has 21 heavy (non-hydrogen) atoms. The average Bonchev–Trinajstić information content (AvgIpc) is 2.41. The third kappa shape index (κ3) is 3.49. The second-order valence-corrected chi connectivity index (χ2v) is 6.59. The van der Waals surface area contributed by atoms with Crippen LogP contribution in [0.25, 0.3) is 0 Å². The first kappa shape index (κ1) is 15.7. The van der Waals surface area contributed by atoms with E-state index in [0.29, 0.717) is 5.56 Å². The number of sulfonamides is 1. The van der Waals surface area contributed by atoms with Crippen LogP contribution in [-0.2, 0) is 10.0 Å². The zero-order valence-corrected chi connectivity index (χ0v) is 12.9. The lowest BCUT2D eigenvalue weighted by atomic mass is 10.2. The molecule has 0 saturated heterocycles. The number of thiocarbonyl (C=S) groups is 1. The highest BCUT2D eigenvalue weighted by Gasteiger charge is 2.20. The van der Waals surface area contributed by atoms with Gasteiger partial charge in [-0.25, -0.2) is 12.8 Å². The molecule has 0 fully saturated rings. The van der Waals surface area contributed by atoms with Gasteiger partial charge in [-0.05, 0) is 24.3 Å². The van der Waals surface area contributed by atoms with E-state index in [4.69, 9.17) is 29.6 Å². The summed E-state index contributed by atoms with van der Waals surface area (Å²) in [5.74, 6) is -0.692. The summed E-state index contributed by atoms with van der Waals surface area (Å²) in [6, 6.07) is 9.53. The van der Waals surface area contributed by atoms with Crippen molar-refractivity contribution < 1.29 is 12.8 Å². The van der Waals surface area contributed by atoms with Crippen molar-refractivity contribution >= 4 is 44.5 Å². The summed E-state index contributed by atoms with van der Waals surface area (Å²) in [5.41, 5.74) is 5.64. The molecule has 0 aliphatic rings. The maximum Gasteiger partial charge on any atom is 0.263 e. The van der Waals surface area contributed by atoms with Crippen LogP contribution in [0.5, 0.6) is 0 Å². The molecule has 0 unspecified atom stereocenters. The van der Waals surface area contributed by atoms with Crippen LogP contribution in [0.3, 0.4) is 0 Å². The number of halogens is 2. The third-order valence-electron chi connectivity index (χ3n) is 2.62. The number of rotatable bonds is 4. The predicted octanol–water partition coefficient (Wildman–Crippen LogP) is 2.91. The predicted molar refractivity (Wildman–Crippen MR) is 84.5 cm³/mol. The summed E-state index contributed by atoms with van der Waals surface area (Å²) in [5, 5.41) is -0.0150. The smallest absolute Gasteiger partial charge is 0.263 e. The number of hydrogen-bond donors (Lipinski definition) is 2. The highest BCUT2D eigenvalue weighted by molar-refractivity contribution is 7.92. The fourth-order valence-electron chi connectivity index (χ4n) is 1.61. The molecule has 0 radical (unpaired) electrons. The topological polar surface area (TPSA) is 72.2 Å². The summed E-state index contributed by atoms with van der Waals surface area (Å²) in [7, 11) is -4.06. The van der Waals surface area contributed by atoms with E-state index in [9.17, 15) is 12.8 Å². The van der Waals surface area contributed by atoms with E-state index in [1.165, 1.54) is 36.4 Å². The van der Waals surface area contributed by atoms with E-state index < -0.39 is 15.8 Å². The average molecular weight is 345 g/mol. The van der Waals surface area contributed by atoms with Crippen molar-refractivity contribution in [3.05, 3.63) is 58.9 Å². The summed E-state index contributed by atoms with van der Waals surface area (Å²) >= 11 is 10.7. The molecule has 2 aromatic carbocycles. The molecule has 4 nitrogen and oxygen atoms in total. The second-order valence-electron chi connectivity index (χ2n) is 4.09. The first-order valence-corrected chi connectivity index (χ1v) is 7.95. The van der Waals surface area contributed by atoms with E-state index in [0.717, 1.165) is 6.07 Å². The highest BCUT2D eigenvalue weighted by Crippen LogP contribution is 2.26. The Morgan fingerprint density at radius 3 is 2.52 bits per heavy atom. The number of anilines is 1. The van der Waals surface area contributed by atoms with Crippen molar-refractivity contribution in [3.8, 4) is 0 Å². The molecule has 0 spiro atoms. The van der Waals surface area contributed by atoms with Gasteiger partial charge in [-0.1, -0.05) is 42.0 Å². The second kappa shape index (κ2) is 5.97. The summed E-state index contributed by atoms with van der Waals surface area (Å²) in [6.45, 7) is 0. The van der Waals surface area contributed by atoms with Crippen LogP contribution in [0.15, 0.2) is 47.4 Å². The molecule has 0 heterocycles. The van der Waals surface area contributed by atoms with Gasteiger partial charge in [0.1, 0.15) is 15.7 Å². The minimum absolute atomic E-state index is 0.0150. The number of para-hydroxylation sites is 1. The van der Waals surface area contributed by atoms with Gasteiger partial charge in [0.25, 0.3) is 10.0 Å². The Labute approximate surface area is 131 Å². The van der Waals surface area contributed by atoms with E-state index in [-0.39, 0.29) is 20.6 Å². The summed E-state index contributed by atoms with van der Waals surface area (Å²) in [6.07, 6.45) is 0. The lowest BCUT2D eigenvalue weighted by Gasteiger charge is -2.11. The first-order chi connectivity index (χ1) is 9.81. The Morgan fingerprint density at radius 2 is 1.90 bits per heavy atom. The van der Waals surface area contributed by atoms with Crippen molar-refractivity contribution in [1.29, 1.82) is 0 Å². The molecule has 2 rings (SSSR count). The van der Waals surface area contributed by atoms with Crippen LogP contribution in [0.2, 0.25) is 5.02 Å². The standard InChI is InChI=1S/C13H10ClFN2O2S2/c14-9-6-5-8(13(16)20)7-12(9)21(18,19)17-11-4-2-1-3-10(11)15/h1-7,17H,(H2,16,20). The lowest BCUT2D eigenvalue weighted by molar-refractivity contribution is 0.598. The Bertz CT molecular complexity index is 810. The molecule has 3 N–H and O–H groups in total. The molecule has 0 bridgehead atoms. The first-order valence-electron chi connectivity index (χ1n) is 5.68. The Hall–Kier alpha value is -1.70. The van der Waals surface area contributed by atoms with Crippen LogP contribution in [0, 0.1) is 5.82 Å². The van der Waals surface area contributed by atoms with Gasteiger partial charge in [-0.15, -0.1) is 0 Å². The van der Waals surface area contributed by atoms with Crippen LogP contribution in [0.1, 0.15) is 5.56 Å².